The van der Waals surface area contributed by atoms with E-state index in [1.807, 2.05) is 0 Å². The second-order valence-electron chi connectivity index (χ2n) is 18.5. The predicted octanol–water partition coefficient (Wildman–Crippen LogP) is 11.5. The van der Waals surface area contributed by atoms with Crippen LogP contribution in [0.3, 0.4) is 0 Å². The zero-order valence-corrected chi connectivity index (χ0v) is 35.6. The maximum Gasteiger partial charge on any atom is 0.333 e. The molecule has 4 heterocycles. The van der Waals surface area contributed by atoms with Crippen molar-refractivity contribution in [3.8, 4) is 11.1 Å². The number of hydrogen-bond acceptors (Lipinski definition) is 3. The Bertz CT molecular complexity index is 2810. The van der Waals surface area contributed by atoms with Crippen LogP contribution in [0.15, 0.2) is 140 Å². The standard InChI is InChI=1S/C54H51B2N3/c1-32(2)36-18-23-40(24-19-36)57-49-29-38(34(5)6)20-25-44(49)55-45-26-21-39(35(7)8)30-50(45)58-48-27-22-37(33(3)4)28-46(48)56-52-43(31-51(57)53(55)54(52)58)42-16-12-13-17-47(42)59(56)41-14-10-9-11-15-41/h9-35H,1-8H3. The van der Waals surface area contributed by atoms with Crippen LogP contribution in [-0.2, 0) is 0 Å². The first-order valence-electron chi connectivity index (χ1n) is 21.9. The molecule has 7 aromatic rings. The minimum atomic E-state index is -0.0217. The van der Waals surface area contributed by atoms with Gasteiger partial charge in [0.05, 0.1) is 0 Å². The van der Waals surface area contributed by atoms with Crippen molar-refractivity contribution >= 4 is 86.4 Å². The Morgan fingerprint density at radius 1 is 0.373 bits per heavy atom. The van der Waals surface area contributed by atoms with E-state index in [1.165, 1.54) is 106 Å². The van der Waals surface area contributed by atoms with Gasteiger partial charge in [-0.15, -0.1) is 0 Å². The molecule has 5 heteroatoms. The molecule has 59 heavy (non-hydrogen) atoms. The molecule has 7 aromatic carbocycles. The second kappa shape index (κ2) is 13.3. The molecule has 288 valence electrons. The number of nitrogens with zero attached hydrogens (tertiary/aromatic N) is 3. The van der Waals surface area contributed by atoms with Crippen LogP contribution >= 0.6 is 0 Å². The highest BCUT2D eigenvalue weighted by Crippen LogP contribution is 2.51. The van der Waals surface area contributed by atoms with Crippen LogP contribution in [0.25, 0.3) is 11.1 Å². The van der Waals surface area contributed by atoms with Crippen molar-refractivity contribution in [2.24, 2.45) is 0 Å². The van der Waals surface area contributed by atoms with Crippen molar-refractivity contribution in [3.05, 3.63) is 162 Å². The lowest BCUT2D eigenvalue weighted by Gasteiger charge is -2.51. The van der Waals surface area contributed by atoms with E-state index in [9.17, 15) is 0 Å². The number of benzene rings is 7. The van der Waals surface area contributed by atoms with Crippen LogP contribution in [-0.4, -0.2) is 13.6 Å². The van der Waals surface area contributed by atoms with Crippen molar-refractivity contribution in [2.45, 2.75) is 79.1 Å². The molecule has 0 spiro atoms. The zero-order chi connectivity index (χ0) is 40.4. The van der Waals surface area contributed by atoms with Crippen LogP contribution in [0.2, 0.25) is 0 Å². The third-order valence-corrected chi connectivity index (χ3v) is 13.7. The summed E-state index contributed by atoms with van der Waals surface area (Å²) in [5.41, 5.74) is 25.2. The van der Waals surface area contributed by atoms with Crippen molar-refractivity contribution in [3.63, 3.8) is 0 Å². The monoisotopic (exact) mass is 763 g/mol. The van der Waals surface area contributed by atoms with E-state index in [-0.39, 0.29) is 13.6 Å². The lowest BCUT2D eigenvalue weighted by molar-refractivity contribution is 0.865. The molecule has 3 nitrogen and oxygen atoms in total. The van der Waals surface area contributed by atoms with Crippen molar-refractivity contribution in [1.29, 1.82) is 0 Å². The highest BCUT2D eigenvalue weighted by atomic mass is 15.2. The first kappa shape index (κ1) is 36.2. The Labute approximate surface area is 351 Å². The van der Waals surface area contributed by atoms with Crippen molar-refractivity contribution in [1.82, 2.24) is 0 Å². The van der Waals surface area contributed by atoms with Gasteiger partial charge in [-0.1, -0.05) is 140 Å². The van der Waals surface area contributed by atoms with E-state index in [2.05, 4.69) is 210 Å². The Kier molecular flexibility index (Phi) is 8.15. The Balaban J connectivity index is 1.32. The van der Waals surface area contributed by atoms with Gasteiger partial charge in [-0.3, -0.25) is 0 Å². The molecule has 0 saturated carbocycles. The molecule has 0 unspecified atom stereocenters. The number of fused-ring (bicyclic) bond motifs is 10. The van der Waals surface area contributed by atoms with Gasteiger partial charge in [-0.2, -0.15) is 0 Å². The Hall–Kier alpha value is -5.93. The number of hydrogen-bond donors (Lipinski definition) is 0. The largest absolute Gasteiger partial charge is 0.376 e. The lowest BCUT2D eigenvalue weighted by atomic mass is 9.31. The third kappa shape index (κ3) is 5.22. The fraction of sp³-hybridized carbons (Fsp3) is 0.222. The van der Waals surface area contributed by atoms with E-state index < -0.39 is 0 Å². The Morgan fingerprint density at radius 3 is 1.58 bits per heavy atom. The van der Waals surface area contributed by atoms with Gasteiger partial charge in [-0.25, -0.2) is 0 Å². The van der Waals surface area contributed by atoms with E-state index in [4.69, 9.17) is 0 Å². The summed E-state index contributed by atoms with van der Waals surface area (Å²) in [6.07, 6.45) is 0. The predicted molar refractivity (Wildman–Crippen MR) is 256 cm³/mol. The molecular formula is C54H51B2N3. The number of anilines is 8. The van der Waals surface area contributed by atoms with E-state index in [1.54, 1.807) is 0 Å². The lowest BCUT2D eigenvalue weighted by Crippen LogP contribution is -2.68. The molecule has 0 aliphatic carbocycles. The van der Waals surface area contributed by atoms with Crippen molar-refractivity contribution in [2.75, 3.05) is 14.6 Å². The molecule has 0 bridgehead atoms. The highest BCUT2D eigenvalue weighted by molar-refractivity contribution is 7.02. The molecule has 4 aliphatic heterocycles. The van der Waals surface area contributed by atoms with Gasteiger partial charge in [0.25, 0.3) is 6.71 Å². The topological polar surface area (TPSA) is 9.72 Å². The molecule has 0 N–H and O–H groups in total. The van der Waals surface area contributed by atoms with Gasteiger partial charge < -0.3 is 14.6 Å². The third-order valence-electron chi connectivity index (χ3n) is 13.7. The summed E-state index contributed by atoms with van der Waals surface area (Å²) >= 11 is 0. The van der Waals surface area contributed by atoms with Gasteiger partial charge in [-0.05, 0) is 133 Å². The average molecular weight is 764 g/mol. The van der Waals surface area contributed by atoms with Gasteiger partial charge in [0, 0.05) is 51.1 Å². The molecule has 0 radical (unpaired) electrons. The van der Waals surface area contributed by atoms with Crippen LogP contribution in [0.4, 0.5) is 45.5 Å². The smallest absolute Gasteiger partial charge is 0.333 e. The van der Waals surface area contributed by atoms with Crippen LogP contribution in [0, 0.1) is 0 Å². The minimum Gasteiger partial charge on any atom is -0.376 e. The van der Waals surface area contributed by atoms with Gasteiger partial charge in [0.1, 0.15) is 0 Å². The van der Waals surface area contributed by atoms with Gasteiger partial charge >= 0.3 is 6.85 Å². The maximum atomic E-state index is 2.69. The maximum absolute atomic E-state index is 2.69. The molecule has 11 rings (SSSR count). The molecule has 0 atom stereocenters. The van der Waals surface area contributed by atoms with E-state index >= 15 is 0 Å². The quantitative estimate of drug-likeness (QED) is 0.156. The summed E-state index contributed by atoms with van der Waals surface area (Å²) in [7, 11) is 0. The first-order chi connectivity index (χ1) is 28.6. The summed E-state index contributed by atoms with van der Waals surface area (Å²) in [4.78, 5) is 7.94. The van der Waals surface area contributed by atoms with Gasteiger partial charge in [0.2, 0.25) is 0 Å². The highest BCUT2D eigenvalue weighted by Gasteiger charge is 2.52. The summed E-state index contributed by atoms with van der Waals surface area (Å²) in [6, 6.07) is 54.3. The number of rotatable bonds is 6. The molecule has 0 amide bonds. The van der Waals surface area contributed by atoms with Crippen LogP contribution in [0.5, 0.6) is 0 Å². The van der Waals surface area contributed by atoms with E-state index in [0.717, 1.165) is 0 Å². The second-order valence-corrected chi connectivity index (χ2v) is 18.5. The SMILES string of the molecule is CC(C)c1ccc(N2c3cc(C(C)C)ccc3B3c4ccc(C(C)C)cc4N4c5ccc(C(C)C)cc5B5c6c(cc2c3c64)-c2ccccc2N5c2ccccc2)cc1. The fourth-order valence-corrected chi connectivity index (χ4v) is 10.6. The normalized spacial score (nSPS) is 14.2. The van der Waals surface area contributed by atoms with Crippen LogP contribution < -0.4 is 41.9 Å². The van der Waals surface area contributed by atoms with Crippen LogP contribution in [0.1, 0.15) is 101 Å². The summed E-state index contributed by atoms with van der Waals surface area (Å²) in [6.45, 7) is 18.6. The summed E-state index contributed by atoms with van der Waals surface area (Å²) in [5.74, 6) is 1.67. The molecular weight excluding hydrogens is 712 g/mol. The zero-order valence-electron chi connectivity index (χ0n) is 35.6. The van der Waals surface area contributed by atoms with E-state index in [0.29, 0.717) is 23.7 Å². The molecule has 0 saturated heterocycles. The summed E-state index contributed by atoms with van der Waals surface area (Å²) in [5, 5.41) is 0. The molecule has 4 aliphatic rings. The molecule has 0 aromatic heterocycles. The fourth-order valence-electron chi connectivity index (χ4n) is 10.6. The van der Waals surface area contributed by atoms with Gasteiger partial charge in [0.15, 0.2) is 0 Å². The first-order valence-corrected chi connectivity index (χ1v) is 21.9. The average Bonchev–Trinajstić information content (AvgIpc) is 3.25. The Morgan fingerprint density at radius 2 is 0.932 bits per heavy atom. The van der Waals surface area contributed by atoms with Crippen molar-refractivity contribution < 1.29 is 0 Å². The number of para-hydroxylation sites is 2. The minimum absolute atomic E-state index is 0.0217. The summed E-state index contributed by atoms with van der Waals surface area (Å²) < 4.78 is 0. The molecule has 0 fully saturated rings.